The molecule has 0 unspecified atom stereocenters. The van der Waals surface area contributed by atoms with E-state index in [4.69, 9.17) is 8.83 Å². The molecule has 1 atom stereocenters. The van der Waals surface area contributed by atoms with Crippen LogP contribution in [-0.2, 0) is 6.54 Å². The van der Waals surface area contributed by atoms with Gasteiger partial charge < -0.3 is 13.9 Å². The number of benzene rings is 2. The first-order valence-electron chi connectivity index (χ1n) is 10.6. The van der Waals surface area contributed by atoms with E-state index in [9.17, 15) is 14.7 Å². The molecule has 2 aromatic carbocycles. The predicted octanol–water partition coefficient (Wildman–Crippen LogP) is 5.27. The quantitative estimate of drug-likeness (QED) is 0.390. The predicted molar refractivity (Wildman–Crippen MR) is 127 cm³/mol. The van der Waals surface area contributed by atoms with E-state index >= 15 is 0 Å². The molecule has 6 nitrogen and oxygen atoms in total. The van der Waals surface area contributed by atoms with Crippen molar-refractivity contribution in [2.24, 2.45) is 5.92 Å². The fourth-order valence-electron chi connectivity index (χ4n) is 4.58. The Kier molecular flexibility index (Phi) is 5.39. The topological polar surface area (TPSA) is 83.9 Å². The fraction of sp³-hybridized carbons (Fsp3) is 0.280. The molecule has 1 N–H and O–H groups in total. The molecule has 0 spiro atoms. The van der Waals surface area contributed by atoms with Crippen LogP contribution in [0.1, 0.15) is 25.3 Å². The maximum atomic E-state index is 12.8. The zero-order valence-electron chi connectivity index (χ0n) is 17.6. The van der Waals surface area contributed by atoms with E-state index in [1.807, 2.05) is 6.07 Å². The molecule has 0 aliphatic carbocycles. The highest BCUT2D eigenvalue weighted by atomic mass is 79.9. The first-order valence-corrected chi connectivity index (χ1v) is 11.4. The molecule has 0 saturated carbocycles. The molecular weight excluding hydrogens is 474 g/mol. The summed E-state index contributed by atoms with van der Waals surface area (Å²) >= 11 is 3.43. The van der Waals surface area contributed by atoms with Gasteiger partial charge in [-0.1, -0.05) is 22.9 Å². The summed E-state index contributed by atoms with van der Waals surface area (Å²) in [6.07, 6.45) is 2.28. The molecule has 0 bridgehead atoms. The lowest BCUT2D eigenvalue weighted by Crippen LogP contribution is -2.33. The van der Waals surface area contributed by atoms with Crippen molar-refractivity contribution in [3.63, 3.8) is 0 Å². The molecule has 1 aliphatic rings. The molecule has 5 rings (SSSR count). The average molecular weight is 496 g/mol. The van der Waals surface area contributed by atoms with Crippen molar-refractivity contribution >= 4 is 37.9 Å². The van der Waals surface area contributed by atoms with Crippen molar-refractivity contribution in [1.82, 2.24) is 4.90 Å². The van der Waals surface area contributed by atoms with Crippen LogP contribution in [0.3, 0.4) is 0 Å². The van der Waals surface area contributed by atoms with E-state index < -0.39 is 11.3 Å². The number of nitrogens with zero attached hydrogens (tertiary/aromatic N) is 1. The minimum absolute atomic E-state index is 0.0745. The van der Waals surface area contributed by atoms with Gasteiger partial charge in [-0.05, 0) is 61.7 Å². The second-order valence-corrected chi connectivity index (χ2v) is 9.45. The van der Waals surface area contributed by atoms with E-state index in [1.54, 1.807) is 30.3 Å². The molecule has 1 saturated heterocycles. The zero-order chi connectivity index (χ0) is 22.4. The molecule has 164 valence electrons. The molecule has 4 aromatic rings. The molecule has 1 fully saturated rings. The van der Waals surface area contributed by atoms with Crippen LogP contribution < -0.4 is 11.3 Å². The third kappa shape index (κ3) is 3.87. The van der Waals surface area contributed by atoms with E-state index in [1.165, 1.54) is 12.5 Å². The van der Waals surface area contributed by atoms with Crippen LogP contribution in [-0.4, -0.2) is 23.1 Å². The summed E-state index contributed by atoms with van der Waals surface area (Å²) < 4.78 is 11.9. The second kappa shape index (κ2) is 8.22. The Balaban J connectivity index is 1.70. The highest BCUT2D eigenvalue weighted by molar-refractivity contribution is 9.10. The lowest BCUT2D eigenvalue weighted by molar-refractivity contribution is 0.175. The molecular formula is C25H22BrNO5. The molecule has 2 aromatic heterocycles. The van der Waals surface area contributed by atoms with E-state index in [2.05, 4.69) is 27.8 Å². The monoisotopic (exact) mass is 495 g/mol. The smallest absolute Gasteiger partial charge is 0.344 e. The van der Waals surface area contributed by atoms with Crippen LogP contribution in [0, 0.1) is 5.92 Å². The average Bonchev–Trinajstić information content (AvgIpc) is 2.75. The standard InChI is InChI=1S/C25H22BrNO5/c1-14-3-2-8-27(12-14)13-20-21(28)6-5-17-18(11-23(29)32-24(17)20)19-10-15-9-16(26)4-7-22(15)31-25(19)30/h4-7,9-11,14,28H,2-3,8,12-13H2,1H3/t14-/m1/s1. The van der Waals surface area contributed by atoms with Gasteiger partial charge in [-0.2, -0.15) is 0 Å². The van der Waals surface area contributed by atoms with Crippen molar-refractivity contribution in [2.45, 2.75) is 26.3 Å². The minimum Gasteiger partial charge on any atom is -0.507 e. The summed E-state index contributed by atoms with van der Waals surface area (Å²) in [5, 5.41) is 11.9. The lowest BCUT2D eigenvalue weighted by atomic mass is 9.97. The van der Waals surface area contributed by atoms with E-state index in [0.717, 1.165) is 29.4 Å². The summed E-state index contributed by atoms with van der Waals surface area (Å²) in [4.78, 5) is 27.6. The van der Waals surface area contributed by atoms with Gasteiger partial charge in [0, 0.05) is 40.0 Å². The number of aromatic hydroxyl groups is 1. The Hall–Kier alpha value is -2.90. The first-order chi connectivity index (χ1) is 15.4. The summed E-state index contributed by atoms with van der Waals surface area (Å²) in [6, 6.07) is 11.7. The highest BCUT2D eigenvalue weighted by Crippen LogP contribution is 2.34. The number of fused-ring (bicyclic) bond motifs is 2. The van der Waals surface area contributed by atoms with Crippen LogP contribution in [0.5, 0.6) is 5.75 Å². The number of piperidine rings is 1. The largest absolute Gasteiger partial charge is 0.507 e. The van der Waals surface area contributed by atoms with E-state index in [-0.39, 0.29) is 11.3 Å². The maximum absolute atomic E-state index is 12.8. The Morgan fingerprint density at radius 2 is 1.94 bits per heavy atom. The molecule has 32 heavy (non-hydrogen) atoms. The van der Waals surface area contributed by atoms with Crippen LogP contribution in [0.25, 0.3) is 33.1 Å². The SMILES string of the molecule is C[C@@H]1CCCN(Cc2c(O)ccc3c(-c4cc5cc(Br)ccc5oc4=O)cc(=O)oc23)C1. The zero-order valence-corrected chi connectivity index (χ0v) is 19.1. The fourth-order valence-corrected chi connectivity index (χ4v) is 4.96. The molecule has 0 amide bonds. The first kappa shape index (κ1) is 21.0. The third-order valence-corrected chi connectivity index (χ3v) is 6.59. The minimum atomic E-state index is -0.583. The number of likely N-dealkylation sites (tertiary alicyclic amines) is 1. The van der Waals surface area contributed by atoms with Gasteiger partial charge in [-0.15, -0.1) is 0 Å². The van der Waals surface area contributed by atoms with Crippen LogP contribution >= 0.6 is 15.9 Å². The normalized spacial score (nSPS) is 17.2. The summed E-state index contributed by atoms with van der Waals surface area (Å²) in [7, 11) is 0. The number of hydrogen-bond donors (Lipinski definition) is 1. The summed E-state index contributed by atoms with van der Waals surface area (Å²) in [5.74, 6) is 0.649. The van der Waals surface area contributed by atoms with E-state index in [0.29, 0.717) is 40.1 Å². The summed E-state index contributed by atoms with van der Waals surface area (Å²) in [6.45, 7) is 4.53. The van der Waals surface area contributed by atoms with Crippen molar-refractivity contribution in [2.75, 3.05) is 13.1 Å². The van der Waals surface area contributed by atoms with Crippen LogP contribution in [0.2, 0.25) is 0 Å². The third-order valence-electron chi connectivity index (χ3n) is 6.10. The highest BCUT2D eigenvalue weighted by Gasteiger charge is 2.22. The molecule has 3 heterocycles. The van der Waals surface area contributed by atoms with Crippen molar-refractivity contribution in [3.8, 4) is 16.9 Å². The Morgan fingerprint density at radius 1 is 1.09 bits per heavy atom. The van der Waals surface area contributed by atoms with Crippen LogP contribution in [0.15, 0.2) is 65.4 Å². The van der Waals surface area contributed by atoms with Crippen LogP contribution in [0.4, 0.5) is 0 Å². The maximum Gasteiger partial charge on any atom is 0.344 e. The number of phenols is 1. The Bertz CT molecular complexity index is 1450. The van der Waals surface area contributed by atoms with Gasteiger partial charge in [-0.3, -0.25) is 4.90 Å². The number of phenolic OH excluding ortho intramolecular Hbond substituents is 1. The van der Waals surface area contributed by atoms with Crippen molar-refractivity contribution < 1.29 is 13.9 Å². The molecule has 7 heteroatoms. The molecule has 1 aliphatic heterocycles. The molecule has 0 radical (unpaired) electrons. The van der Waals surface area contributed by atoms with Gasteiger partial charge >= 0.3 is 11.3 Å². The Morgan fingerprint density at radius 3 is 2.75 bits per heavy atom. The Labute approximate surface area is 192 Å². The van der Waals surface area contributed by atoms with Gasteiger partial charge in [0.25, 0.3) is 0 Å². The van der Waals surface area contributed by atoms with Gasteiger partial charge in [0.1, 0.15) is 16.9 Å². The number of halogens is 1. The summed E-state index contributed by atoms with van der Waals surface area (Å²) in [5.41, 5.74) is 0.915. The van der Waals surface area contributed by atoms with Gasteiger partial charge in [-0.25, -0.2) is 9.59 Å². The van der Waals surface area contributed by atoms with Gasteiger partial charge in [0.05, 0.1) is 11.1 Å². The number of rotatable bonds is 3. The second-order valence-electron chi connectivity index (χ2n) is 8.53. The number of hydrogen-bond acceptors (Lipinski definition) is 6. The van der Waals surface area contributed by atoms with Gasteiger partial charge in [0.15, 0.2) is 0 Å². The van der Waals surface area contributed by atoms with Crippen molar-refractivity contribution in [3.05, 3.63) is 73.3 Å². The van der Waals surface area contributed by atoms with Crippen molar-refractivity contribution in [1.29, 1.82) is 0 Å². The van der Waals surface area contributed by atoms with Gasteiger partial charge in [0.2, 0.25) is 0 Å². The lowest BCUT2D eigenvalue weighted by Gasteiger charge is -2.31.